The van der Waals surface area contributed by atoms with Gasteiger partial charge < -0.3 is 15.3 Å². The molecule has 0 aromatic carbocycles. The van der Waals surface area contributed by atoms with Gasteiger partial charge in [0.2, 0.25) is 0 Å². The number of rotatable bonds is 3. The standard InChI is InChI=1S/C12H22O4/c1-8-5-6-12(16,10(8,2)3)11(4,15)7-9(13)14/h8,15-16H,5-7H2,1-4H3,(H,13,14). The first-order valence-electron chi connectivity index (χ1n) is 5.71. The molecule has 4 heteroatoms. The summed E-state index contributed by atoms with van der Waals surface area (Å²) in [6.07, 6.45) is 0.820. The Morgan fingerprint density at radius 3 is 2.31 bits per heavy atom. The number of aliphatic carboxylic acids is 1. The van der Waals surface area contributed by atoms with Gasteiger partial charge in [-0.15, -0.1) is 0 Å². The van der Waals surface area contributed by atoms with Crippen molar-refractivity contribution in [3.05, 3.63) is 0 Å². The molecule has 3 atom stereocenters. The Hall–Kier alpha value is -0.610. The maximum Gasteiger partial charge on any atom is 0.306 e. The summed E-state index contributed by atoms with van der Waals surface area (Å²) in [5, 5.41) is 29.7. The van der Waals surface area contributed by atoms with Crippen molar-refractivity contribution in [3.8, 4) is 0 Å². The summed E-state index contributed by atoms with van der Waals surface area (Å²) in [5.74, 6) is -0.827. The highest BCUT2D eigenvalue weighted by Gasteiger charge is 2.61. The summed E-state index contributed by atoms with van der Waals surface area (Å²) >= 11 is 0. The average molecular weight is 230 g/mol. The first-order chi connectivity index (χ1) is 7.04. The number of carboxylic acid groups (broad SMARTS) is 1. The van der Waals surface area contributed by atoms with Gasteiger partial charge in [0.25, 0.3) is 0 Å². The summed E-state index contributed by atoms with van der Waals surface area (Å²) in [7, 11) is 0. The van der Waals surface area contributed by atoms with Crippen molar-refractivity contribution in [1.82, 2.24) is 0 Å². The lowest BCUT2D eigenvalue weighted by atomic mass is 9.64. The van der Waals surface area contributed by atoms with Gasteiger partial charge >= 0.3 is 5.97 Å². The molecule has 94 valence electrons. The van der Waals surface area contributed by atoms with Gasteiger partial charge in [0.05, 0.1) is 12.0 Å². The highest BCUT2D eigenvalue weighted by molar-refractivity contribution is 5.68. The van der Waals surface area contributed by atoms with Crippen LogP contribution in [0.4, 0.5) is 0 Å². The molecule has 3 N–H and O–H groups in total. The van der Waals surface area contributed by atoms with E-state index < -0.39 is 29.0 Å². The van der Waals surface area contributed by atoms with E-state index in [0.29, 0.717) is 6.42 Å². The van der Waals surface area contributed by atoms with Gasteiger partial charge in [-0.3, -0.25) is 4.79 Å². The summed E-state index contributed by atoms with van der Waals surface area (Å²) < 4.78 is 0. The predicted octanol–water partition coefficient (Wildman–Crippen LogP) is 1.40. The zero-order valence-corrected chi connectivity index (χ0v) is 10.4. The van der Waals surface area contributed by atoms with Gasteiger partial charge in [-0.1, -0.05) is 20.8 Å². The summed E-state index contributed by atoms with van der Waals surface area (Å²) in [5.41, 5.74) is -3.41. The fraction of sp³-hybridized carbons (Fsp3) is 0.917. The molecule has 0 aromatic rings. The number of carboxylic acids is 1. The van der Waals surface area contributed by atoms with E-state index in [1.54, 1.807) is 0 Å². The minimum absolute atomic E-state index is 0.262. The maximum atomic E-state index is 10.7. The zero-order chi connectivity index (χ0) is 12.8. The van der Waals surface area contributed by atoms with Gasteiger partial charge in [0.15, 0.2) is 0 Å². The zero-order valence-electron chi connectivity index (χ0n) is 10.4. The molecule has 0 bridgehead atoms. The third-order valence-electron chi connectivity index (χ3n) is 4.62. The van der Waals surface area contributed by atoms with Crippen LogP contribution in [-0.4, -0.2) is 32.5 Å². The van der Waals surface area contributed by atoms with Gasteiger partial charge in [0.1, 0.15) is 5.60 Å². The molecule has 0 saturated heterocycles. The van der Waals surface area contributed by atoms with Crippen LogP contribution >= 0.6 is 0 Å². The minimum atomic E-state index is -1.59. The highest BCUT2D eigenvalue weighted by Crippen LogP contribution is 2.55. The molecule has 1 aliphatic carbocycles. The first kappa shape index (κ1) is 13.5. The van der Waals surface area contributed by atoms with Gasteiger partial charge in [-0.25, -0.2) is 0 Å². The molecule has 4 nitrogen and oxygen atoms in total. The molecule has 1 saturated carbocycles. The average Bonchev–Trinajstić information content (AvgIpc) is 2.28. The molecule has 3 unspecified atom stereocenters. The molecule has 0 aromatic heterocycles. The van der Waals surface area contributed by atoms with Crippen molar-refractivity contribution in [2.24, 2.45) is 11.3 Å². The lowest BCUT2D eigenvalue weighted by molar-refractivity contribution is -0.200. The van der Waals surface area contributed by atoms with Crippen LogP contribution in [0.3, 0.4) is 0 Å². The van der Waals surface area contributed by atoms with Crippen molar-refractivity contribution < 1.29 is 20.1 Å². The predicted molar refractivity (Wildman–Crippen MR) is 60.0 cm³/mol. The smallest absolute Gasteiger partial charge is 0.306 e. The third-order valence-corrected chi connectivity index (χ3v) is 4.62. The molecule has 1 rings (SSSR count). The quantitative estimate of drug-likeness (QED) is 0.685. The Labute approximate surface area is 96.3 Å². The largest absolute Gasteiger partial charge is 0.481 e. The van der Waals surface area contributed by atoms with Gasteiger partial charge in [-0.2, -0.15) is 0 Å². The van der Waals surface area contributed by atoms with Crippen LogP contribution in [0.1, 0.15) is 47.0 Å². The Morgan fingerprint density at radius 2 is 2.00 bits per heavy atom. The van der Waals surface area contributed by atoms with E-state index in [0.717, 1.165) is 6.42 Å². The summed E-state index contributed by atoms with van der Waals surface area (Å²) in [6.45, 7) is 7.22. The van der Waals surface area contributed by atoms with Crippen LogP contribution in [0, 0.1) is 11.3 Å². The van der Waals surface area contributed by atoms with E-state index in [2.05, 4.69) is 0 Å². The van der Waals surface area contributed by atoms with Crippen molar-refractivity contribution in [1.29, 1.82) is 0 Å². The molecule has 0 amide bonds. The number of hydrogen-bond acceptors (Lipinski definition) is 3. The Kier molecular flexibility index (Phi) is 3.12. The van der Waals surface area contributed by atoms with E-state index in [4.69, 9.17) is 5.11 Å². The number of carbonyl (C=O) groups is 1. The van der Waals surface area contributed by atoms with Crippen LogP contribution in [0.2, 0.25) is 0 Å². The van der Waals surface area contributed by atoms with Crippen LogP contribution < -0.4 is 0 Å². The molecule has 1 fully saturated rings. The molecular weight excluding hydrogens is 208 g/mol. The first-order valence-corrected chi connectivity index (χ1v) is 5.71. The van der Waals surface area contributed by atoms with E-state index in [-0.39, 0.29) is 5.92 Å². The molecule has 0 aliphatic heterocycles. The highest BCUT2D eigenvalue weighted by atomic mass is 16.4. The van der Waals surface area contributed by atoms with E-state index in [1.165, 1.54) is 6.92 Å². The van der Waals surface area contributed by atoms with Crippen molar-refractivity contribution in [2.45, 2.75) is 58.2 Å². The molecule has 16 heavy (non-hydrogen) atoms. The monoisotopic (exact) mass is 230 g/mol. The molecule has 1 aliphatic rings. The Balaban J connectivity index is 3.06. The second-order valence-electron chi connectivity index (χ2n) is 5.87. The van der Waals surface area contributed by atoms with Crippen molar-refractivity contribution >= 4 is 5.97 Å². The topological polar surface area (TPSA) is 77.8 Å². The molecule has 0 heterocycles. The second-order valence-corrected chi connectivity index (χ2v) is 5.87. The Bertz CT molecular complexity index is 295. The van der Waals surface area contributed by atoms with Crippen LogP contribution in [0.15, 0.2) is 0 Å². The lowest BCUT2D eigenvalue weighted by Crippen LogP contribution is -2.60. The Morgan fingerprint density at radius 1 is 1.50 bits per heavy atom. The molecule has 0 spiro atoms. The number of hydrogen-bond donors (Lipinski definition) is 3. The number of aliphatic hydroxyl groups is 2. The van der Waals surface area contributed by atoms with Crippen molar-refractivity contribution in [2.75, 3.05) is 0 Å². The fourth-order valence-corrected chi connectivity index (χ4v) is 2.92. The molecular formula is C12H22O4. The third kappa shape index (κ3) is 1.74. The normalized spacial score (nSPS) is 37.0. The second kappa shape index (κ2) is 3.70. The lowest BCUT2D eigenvalue weighted by Gasteiger charge is -2.48. The fourth-order valence-electron chi connectivity index (χ4n) is 2.92. The van der Waals surface area contributed by atoms with E-state index in [1.807, 2.05) is 20.8 Å². The van der Waals surface area contributed by atoms with E-state index >= 15 is 0 Å². The molecule has 0 radical (unpaired) electrons. The van der Waals surface area contributed by atoms with Gasteiger partial charge in [-0.05, 0) is 31.1 Å². The van der Waals surface area contributed by atoms with Crippen LogP contribution in [0.25, 0.3) is 0 Å². The maximum absolute atomic E-state index is 10.7. The van der Waals surface area contributed by atoms with Crippen molar-refractivity contribution in [3.63, 3.8) is 0 Å². The van der Waals surface area contributed by atoms with E-state index in [9.17, 15) is 15.0 Å². The van der Waals surface area contributed by atoms with Gasteiger partial charge in [0, 0.05) is 0 Å². The summed E-state index contributed by atoms with van der Waals surface area (Å²) in [6, 6.07) is 0. The minimum Gasteiger partial charge on any atom is -0.481 e. The summed E-state index contributed by atoms with van der Waals surface area (Å²) in [4.78, 5) is 10.7. The van der Waals surface area contributed by atoms with Crippen LogP contribution in [0.5, 0.6) is 0 Å². The SMILES string of the molecule is CC1CCC(O)(C(C)(O)CC(=O)O)C1(C)C. The van der Waals surface area contributed by atoms with Crippen LogP contribution in [-0.2, 0) is 4.79 Å².